The fourth-order valence-corrected chi connectivity index (χ4v) is 3.41. The number of halogens is 1. The van der Waals surface area contributed by atoms with Crippen LogP contribution in [0.4, 0.5) is 0 Å². The van der Waals surface area contributed by atoms with Crippen LogP contribution in [0.25, 0.3) is 10.8 Å². The number of piperidine rings is 1. The van der Waals surface area contributed by atoms with Crippen LogP contribution in [-0.4, -0.2) is 25.5 Å². The Kier molecular flexibility index (Phi) is 6.95. The number of fused-ring (bicyclic) bond motifs is 1. The summed E-state index contributed by atoms with van der Waals surface area (Å²) in [5.74, 6) is 2.07. The zero-order valence-corrected chi connectivity index (χ0v) is 16.5. The molecule has 4 rings (SSSR count). The van der Waals surface area contributed by atoms with Crippen molar-refractivity contribution < 1.29 is 13.9 Å². The number of amides is 1. The van der Waals surface area contributed by atoms with E-state index in [-0.39, 0.29) is 24.9 Å². The Balaban J connectivity index is 0.00000225. The minimum absolute atomic E-state index is 0. The Morgan fingerprint density at radius 2 is 2.00 bits per heavy atom. The van der Waals surface area contributed by atoms with Gasteiger partial charge in [0, 0.05) is 6.54 Å². The number of benzene rings is 2. The molecule has 28 heavy (non-hydrogen) atoms. The molecule has 1 amide bonds. The third kappa shape index (κ3) is 5.06. The summed E-state index contributed by atoms with van der Waals surface area (Å²) in [7, 11) is 0. The molecule has 1 aliphatic rings. The summed E-state index contributed by atoms with van der Waals surface area (Å²) in [6.45, 7) is 3.00. The average molecular weight is 401 g/mol. The topological polar surface area (TPSA) is 63.5 Å². The van der Waals surface area contributed by atoms with Gasteiger partial charge in [0.25, 0.3) is 5.91 Å². The molecule has 3 aromatic rings. The summed E-state index contributed by atoms with van der Waals surface area (Å²) in [5.41, 5.74) is 0. The van der Waals surface area contributed by atoms with E-state index in [1.54, 1.807) is 12.1 Å². The molecule has 2 N–H and O–H groups in total. The van der Waals surface area contributed by atoms with E-state index in [9.17, 15) is 4.79 Å². The van der Waals surface area contributed by atoms with Gasteiger partial charge in [-0.15, -0.1) is 12.4 Å². The minimum Gasteiger partial charge on any atom is -0.486 e. The van der Waals surface area contributed by atoms with Crippen LogP contribution in [0.15, 0.2) is 59.0 Å². The van der Waals surface area contributed by atoms with Gasteiger partial charge in [0.15, 0.2) is 5.76 Å². The molecule has 6 heteroatoms. The van der Waals surface area contributed by atoms with Crippen LogP contribution in [0.3, 0.4) is 0 Å². The van der Waals surface area contributed by atoms with Gasteiger partial charge in [-0.05, 0) is 66.9 Å². The highest BCUT2D eigenvalue weighted by molar-refractivity contribution is 5.91. The van der Waals surface area contributed by atoms with Crippen molar-refractivity contribution in [2.45, 2.75) is 19.4 Å². The Labute approximate surface area is 170 Å². The predicted octanol–water partition coefficient (Wildman–Crippen LogP) is 4.16. The van der Waals surface area contributed by atoms with Gasteiger partial charge in [-0.25, -0.2) is 0 Å². The van der Waals surface area contributed by atoms with Crippen LogP contribution in [0.1, 0.15) is 29.2 Å². The normalized spacial score (nSPS) is 16.4. The van der Waals surface area contributed by atoms with E-state index in [4.69, 9.17) is 9.15 Å². The van der Waals surface area contributed by atoms with Crippen LogP contribution in [0, 0.1) is 5.92 Å². The maximum Gasteiger partial charge on any atom is 0.287 e. The van der Waals surface area contributed by atoms with Gasteiger partial charge in [0.1, 0.15) is 18.1 Å². The SMILES string of the molecule is Cl.O=C(NCC1CCCNC1)c1ccc(COc2ccc3ccccc3c2)o1. The van der Waals surface area contributed by atoms with Gasteiger partial charge in [0.05, 0.1) is 0 Å². The van der Waals surface area contributed by atoms with Gasteiger partial charge in [0.2, 0.25) is 0 Å². The van der Waals surface area contributed by atoms with E-state index in [1.165, 1.54) is 5.39 Å². The monoisotopic (exact) mass is 400 g/mol. The van der Waals surface area contributed by atoms with Crippen LogP contribution >= 0.6 is 12.4 Å². The minimum atomic E-state index is -0.169. The van der Waals surface area contributed by atoms with E-state index >= 15 is 0 Å². The first-order valence-electron chi connectivity index (χ1n) is 9.47. The third-order valence-electron chi connectivity index (χ3n) is 4.94. The molecule has 2 aromatic carbocycles. The molecule has 0 saturated carbocycles. The first-order valence-corrected chi connectivity index (χ1v) is 9.47. The fraction of sp³-hybridized carbons (Fsp3) is 0.318. The molecule has 0 aliphatic carbocycles. The van der Waals surface area contributed by atoms with E-state index in [0.717, 1.165) is 37.1 Å². The smallest absolute Gasteiger partial charge is 0.287 e. The Morgan fingerprint density at radius 3 is 2.82 bits per heavy atom. The standard InChI is InChI=1S/C22H24N2O3.ClH/c25-22(24-14-16-4-3-11-23-13-16)21-10-9-20(27-21)15-26-19-8-7-17-5-1-2-6-18(17)12-19;/h1-2,5-10,12,16,23H,3-4,11,13-15H2,(H,24,25);1H. The van der Waals surface area contributed by atoms with Crippen molar-refractivity contribution in [3.05, 3.63) is 66.1 Å². The van der Waals surface area contributed by atoms with Gasteiger partial charge >= 0.3 is 0 Å². The van der Waals surface area contributed by atoms with Crippen molar-refractivity contribution in [2.24, 2.45) is 5.92 Å². The lowest BCUT2D eigenvalue weighted by molar-refractivity contribution is 0.0913. The number of rotatable bonds is 6. The van der Waals surface area contributed by atoms with Gasteiger partial charge in [-0.1, -0.05) is 30.3 Å². The number of hydrogen-bond donors (Lipinski definition) is 2. The van der Waals surface area contributed by atoms with Crippen molar-refractivity contribution in [3.8, 4) is 5.75 Å². The van der Waals surface area contributed by atoms with Crippen molar-refractivity contribution >= 4 is 29.1 Å². The number of hydrogen-bond acceptors (Lipinski definition) is 4. The van der Waals surface area contributed by atoms with Crippen LogP contribution in [0.2, 0.25) is 0 Å². The molecule has 148 valence electrons. The Bertz CT molecular complexity index is 919. The highest BCUT2D eigenvalue weighted by Crippen LogP contribution is 2.21. The molecule has 1 aliphatic heterocycles. The highest BCUT2D eigenvalue weighted by atomic mass is 35.5. The van der Waals surface area contributed by atoms with E-state index in [0.29, 0.717) is 24.0 Å². The van der Waals surface area contributed by atoms with Crippen molar-refractivity contribution in [1.29, 1.82) is 0 Å². The summed E-state index contributed by atoms with van der Waals surface area (Å²) < 4.78 is 11.5. The number of carbonyl (C=O) groups excluding carboxylic acids is 1. The molecular formula is C22H25ClN2O3. The maximum absolute atomic E-state index is 12.3. The van der Waals surface area contributed by atoms with Crippen LogP contribution in [0.5, 0.6) is 5.75 Å². The zero-order chi connectivity index (χ0) is 18.5. The summed E-state index contributed by atoms with van der Waals surface area (Å²) in [4.78, 5) is 12.3. The molecule has 0 spiro atoms. The molecule has 1 aromatic heterocycles. The number of nitrogens with one attached hydrogen (secondary N) is 2. The molecule has 1 fully saturated rings. The zero-order valence-electron chi connectivity index (χ0n) is 15.6. The van der Waals surface area contributed by atoms with Crippen LogP contribution < -0.4 is 15.4 Å². The second kappa shape index (κ2) is 9.62. The molecule has 1 unspecified atom stereocenters. The molecular weight excluding hydrogens is 376 g/mol. The van der Waals surface area contributed by atoms with Crippen molar-refractivity contribution in [3.63, 3.8) is 0 Å². The average Bonchev–Trinajstić information content (AvgIpc) is 3.20. The predicted molar refractivity (Wildman–Crippen MR) is 112 cm³/mol. The maximum atomic E-state index is 12.3. The summed E-state index contributed by atoms with van der Waals surface area (Å²) in [6.07, 6.45) is 2.31. The largest absolute Gasteiger partial charge is 0.486 e. The summed E-state index contributed by atoms with van der Waals surface area (Å²) >= 11 is 0. The Hall–Kier alpha value is -2.50. The van der Waals surface area contributed by atoms with Crippen LogP contribution in [-0.2, 0) is 6.61 Å². The van der Waals surface area contributed by atoms with Crippen molar-refractivity contribution in [2.75, 3.05) is 19.6 Å². The van der Waals surface area contributed by atoms with E-state index < -0.39 is 0 Å². The highest BCUT2D eigenvalue weighted by Gasteiger charge is 2.16. The number of ether oxygens (including phenoxy) is 1. The third-order valence-corrected chi connectivity index (χ3v) is 4.94. The van der Waals surface area contributed by atoms with Gasteiger partial charge in [-0.3, -0.25) is 4.79 Å². The Morgan fingerprint density at radius 1 is 1.14 bits per heavy atom. The molecule has 1 atom stereocenters. The van der Waals surface area contributed by atoms with E-state index in [2.05, 4.69) is 22.8 Å². The fourth-order valence-electron chi connectivity index (χ4n) is 3.41. The first-order chi connectivity index (χ1) is 13.3. The number of furan rings is 1. The second-order valence-corrected chi connectivity index (χ2v) is 6.99. The van der Waals surface area contributed by atoms with Gasteiger partial charge < -0.3 is 19.8 Å². The molecule has 0 bridgehead atoms. The lowest BCUT2D eigenvalue weighted by Crippen LogP contribution is -2.38. The lowest BCUT2D eigenvalue weighted by atomic mass is 10.00. The number of carbonyl (C=O) groups is 1. The quantitative estimate of drug-likeness (QED) is 0.652. The molecule has 1 saturated heterocycles. The van der Waals surface area contributed by atoms with Crippen molar-refractivity contribution in [1.82, 2.24) is 10.6 Å². The lowest BCUT2D eigenvalue weighted by Gasteiger charge is -2.22. The molecule has 0 radical (unpaired) electrons. The molecule has 5 nitrogen and oxygen atoms in total. The second-order valence-electron chi connectivity index (χ2n) is 6.99. The first kappa shape index (κ1) is 20.2. The van der Waals surface area contributed by atoms with E-state index in [1.807, 2.05) is 30.3 Å². The molecule has 2 heterocycles. The summed E-state index contributed by atoms with van der Waals surface area (Å²) in [6, 6.07) is 17.6. The van der Waals surface area contributed by atoms with Gasteiger partial charge in [-0.2, -0.15) is 0 Å². The summed E-state index contributed by atoms with van der Waals surface area (Å²) in [5, 5.41) is 8.62.